The minimum absolute atomic E-state index is 0.0287. The first-order valence-corrected chi connectivity index (χ1v) is 20.8. The van der Waals surface area contributed by atoms with E-state index in [0.717, 1.165) is 0 Å². The largest absolute Gasteiger partial charge is 0.408 e. The van der Waals surface area contributed by atoms with E-state index in [0.29, 0.717) is 0 Å². The topological polar surface area (TPSA) is 263 Å². The molecule has 4 aromatic heterocycles. The monoisotopic (exact) mass is 744 g/mol. The van der Waals surface area contributed by atoms with Crippen molar-refractivity contribution in [3.63, 3.8) is 0 Å². The summed E-state index contributed by atoms with van der Waals surface area (Å²) in [4.78, 5) is 35.3. The summed E-state index contributed by atoms with van der Waals surface area (Å²) in [6.07, 6.45) is -7.17. The molecule has 0 radical (unpaired) electrons. The van der Waals surface area contributed by atoms with E-state index in [4.69, 9.17) is 34.4 Å². The number of anilines is 2. The van der Waals surface area contributed by atoms with Gasteiger partial charge in [-0.1, -0.05) is 33.0 Å². The second kappa shape index (κ2) is 12.9. The van der Waals surface area contributed by atoms with Gasteiger partial charge in [0.2, 0.25) is 5.95 Å². The summed E-state index contributed by atoms with van der Waals surface area (Å²) in [5, 5.41) is 20.8. The van der Waals surface area contributed by atoms with E-state index in [2.05, 4.69) is 42.2 Å². The van der Waals surface area contributed by atoms with Crippen molar-refractivity contribution in [2.45, 2.75) is 88.1 Å². The standard InChI is InChI=1S/C26H38FN10O9PSSi/c1-26(2,3)49(4,5)46-17-11(6-38)43-24(37-10-33-15-21(37)34-25(29)35-22(15)40)18(17)45-47(41,48)42-7-12-16(39)13(27)23(44-12)36-9-32-14-19(28)30-8-31-20(14)36/h8-13,16-18,23-24,38-39H,6-7H2,1-5H3,(H,41,48)(H2,28,30,31)(H3,29,34,35,40)/t11-,12-,13+,16?,17?,18+,23-,24-,47?/m1/s1. The predicted octanol–water partition coefficient (Wildman–Crippen LogP) is 1.44. The van der Waals surface area contributed by atoms with Crippen molar-refractivity contribution in [2.75, 3.05) is 24.7 Å². The fraction of sp³-hybridized carbons (Fsp3) is 0.615. The molecule has 0 aliphatic carbocycles. The Bertz CT molecular complexity index is 1960. The van der Waals surface area contributed by atoms with E-state index < -0.39 is 83.0 Å². The Kier molecular flexibility index (Phi) is 9.43. The van der Waals surface area contributed by atoms with E-state index in [9.17, 15) is 19.6 Å². The fourth-order valence-corrected chi connectivity index (χ4v) is 8.23. The van der Waals surface area contributed by atoms with Crippen LogP contribution < -0.4 is 17.0 Å². The third-order valence-electron chi connectivity index (χ3n) is 9.04. The molecule has 7 N–H and O–H groups in total. The Morgan fingerprint density at radius 1 is 1.06 bits per heavy atom. The van der Waals surface area contributed by atoms with Gasteiger partial charge in [-0.15, -0.1) is 0 Å². The molecule has 4 aromatic rings. The Balaban J connectivity index is 1.27. The number of hydrogen-bond acceptors (Lipinski definition) is 16. The summed E-state index contributed by atoms with van der Waals surface area (Å²) in [5.74, 6) is -0.112. The summed E-state index contributed by atoms with van der Waals surface area (Å²) in [5.41, 5.74) is 11.4. The van der Waals surface area contributed by atoms with Gasteiger partial charge < -0.3 is 35.6 Å². The number of aromatic amines is 1. The third kappa shape index (κ3) is 6.62. The number of halogens is 1. The molecule has 2 aliphatic rings. The van der Waals surface area contributed by atoms with Gasteiger partial charge in [-0.2, -0.15) is 4.98 Å². The average Bonchev–Trinajstić information content (AvgIpc) is 3.77. The number of alkyl halides is 1. The van der Waals surface area contributed by atoms with Crippen molar-refractivity contribution in [3.8, 4) is 0 Å². The molecular weight excluding hydrogens is 706 g/mol. The first-order chi connectivity index (χ1) is 22.9. The number of nitrogens with one attached hydrogen (secondary N) is 1. The van der Waals surface area contributed by atoms with Gasteiger partial charge in [-0.05, 0) is 18.1 Å². The van der Waals surface area contributed by atoms with Crippen molar-refractivity contribution in [3.05, 3.63) is 29.3 Å². The molecular formula is C26H38FN10O9PSSi. The molecule has 19 nitrogen and oxygen atoms in total. The molecule has 0 bridgehead atoms. The number of thiol groups is 1. The minimum Gasteiger partial charge on any atom is -0.408 e. The van der Waals surface area contributed by atoms with Crippen LogP contribution in [0.5, 0.6) is 0 Å². The zero-order valence-corrected chi connectivity index (χ0v) is 29.9. The maximum atomic E-state index is 15.4. The molecule has 3 unspecified atom stereocenters. The number of rotatable bonds is 10. The summed E-state index contributed by atoms with van der Waals surface area (Å²) in [6, 6.07) is 0. The Hall–Kier alpha value is -3.05. The van der Waals surface area contributed by atoms with E-state index in [1.165, 1.54) is 28.1 Å². The molecule has 2 fully saturated rings. The molecule has 0 aromatic carbocycles. The maximum absolute atomic E-state index is 15.4. The Morgan fingerprint density at radius 3 is 2.39 bits per heavy atom. The highest BCUT2D eigenvalue weighted by atomic mass is 32.7. The number of fused-ring (bicyclic) bond motifs is 2. The molecule has 9 atom stereocenters. The lowest BCUT2D eigenvalue weighted by atomic mass is 10.1. The van der Waals surface area contributed by atoms with Gasteiger partial charge in [0.25, 0.3) is 5.56 Å². The van der Waals surface area contributed by atoms with Crippen LogP contribution in [-0.2, 0) is 27.5 Å². The van der Waals surface area contributed by atoms with Gasteiger partial charge >= 0.3 is 6.80 Å². The SMILES string of the molecule is CC(C)(C)[Si](C)(C)OC1[C@@H](CO)O[C@@H](n2cnc3c(=O)[nH]c(N)nc32)[C@H]1OP(=O)(S)OC[C@H]1O[C@@H](n2cnc3c(N)ncnc32)[C@@H](F)C1O. The molecule has 2 aliphatic heterocycles. The second-order valence-electron chi connectivity index (χ2n) is 13.3. The smallest absolute Gasteiger partial charge is 0.386 e. The number of H-pyrrole nitrogens is 1. The fourth-order valence-electron chi connectivity index (χ4n) is 5.45. The lowest BCUT2D eigenvalue weighted by molar-refractivity contribution is -0.0533. The van der Waals surface area contributed by atoms with Crippen LogP contribution in [0.15, 0.2) is 23.8 Å². The number of ether oxygens (including phenoxy) is 2. The highest BCUT2D eigenvalue weighted by Gasteiger charge is 2.54. The lowest BCUT2D eigenvalue weighted by Crippen LogP contribution is -2.50. The minimum atomic E-state index is -4.41. The number of nitrogens with two attached hydrogens (primary N) is 2. The molecule has 49 heavy (non-hydrogen) atoms. The van der Waals surface area contributed by atoms with Gasteiger partial charge in [-0.3, -0.25) is 28.0 Å². The number of hydrogen-bond donors (Lipinski definition) is 6. The van der Waals surface area contributed by atoms with E-state index in [-0.39, 0.29) is 39.1 Å². The number of aliphatic hydroxyl groups is 2. The van der Waals surface area contributed by atoms with Crippen LogP contribution in [0.3, 0.4) is 0 Å². The summed E-state index contributed by atoms with van der Waals surface area (Å²) < 4.78 is 62.1. The lowest BCUT2D eigenvalue weighted by Gasteiger charge is -2.40. The molecule has 0 spiro atoms. The van der Waals surface area contributed by atoms with Crippen LogP contribution >= 0.6 is 19.0 Å². The van der Waals surface area contributed by atoms with Gasteiger partial charge in [0.05, 0.1) is 25.9 Å². The van der Waals surface area contributed by atoms with Crippen LogP contribution in [0.1, 0.15) is 33.2 Å². The second-order valence-corrected chi connectivity index (χ2v) is 20.9. The molecule has 6 heterocycles. The van der Waals surface area contributed by atoms with E-state index in [1.807, 2.05) is 33.9 Å². The van der Waals surface area contributed by atoms with Gasteiger partial charge in [0, 0.05) is 0 Å². The highest BCUT2D eigenvalue weighted by molar-refractivity contribution is 8.44. The zero-order chi connectivity index (χ0) is 35.6. The number of aliphatic hydroxyl groups excluding tert-OH is 2. The van der Waals surface area contributed by atoms with E-state index in [1.54, 1.807) is 0 Å². The van der Waals surface area contributed by atoms with E-state index >= 15 is 4.39 Å². The third-order valence-corrected chi connectivity index (χ3v) is 15.1. The number of nitrogens with zero attached hydrogens (tertiary/aromatic N) is 7. The van der Waals surface area contributed by atoms with Crippen LogP contribution in [0, 0.1) is 0 Å². The number of imidazole rings is 2. The van der Waals surface area contributed by atoms with Gasteiger partial charge in [0.15, 0.2) is 49.6 Å². The highest BCUT2D eigenvalue weighted by Crippen LogP contribution is 2.58. The molecule has 6 rings (SSSR count). The first kappa shape index (κ1) is 35.8. The normalized spacial score (nSPS) is 29.2. The first-order valence-electron chi connectivity index (χ1n) is 15.1. The van der Waals surface area contributed by atoms with Crippen molar-refractivity contribution >= 4 is 61.5 Å². The summed E-state index contributed by atoms with van der Waals surface area (Å²) in [6.45, 7) is 4.45. The Labute approximate surface area is 284 Å². The van der Waals surface area contributed by atoms with Crippen LogP contribution in [0.2, 0.25) is 18.1 Å². The molecule has 2 saturated heterocycles. The van der Waals surface area contributed by atoms with Crippen LogP contribution in [0.25, 0.3) is 22.3 Å². The summed E-state index contributed by atoms with van der Waals surface area (Å²) >= 11 is 4.20. The molecule has 23 heteroatoms. The molecule has 268 valence electrons. The quantitative estimate of drug-likeness (QED) is 0.0762. The average molecular weight is 745 g/mol. The van der Waals surface area contributed by atoms with Gasteiger partial charge in [-0.25, -0.2) is 28.9 Å². The molecule has 0 amide bonds. The van der Waals surface area contributed by atoms with Crippen LogP contribution in [0.4, 0.5) is 16.2 Å². The number of nitrogen functional groups attached to an aromatic ring is 2. The Morgan fingerprint density at radius 2 is 1.71 bits per heavy atom. The van der Waals surface area contributed by atoms with Crippen molar-refractivity contribution in [1.82, 2.24) is 39.0 Å². The zero-order valence-electron chi connectivity index (χ0n) is 27.1. The van der Waals surface area contributed by atoms with Gasteiger partial charge in [0.1, 0.15) is 42.4 Å². The molecule has 0 saturated carbocycles. The van der Waals surface area contributed by atoms with Crippen molar-refractivity contribution in [2.24, 2.45) is 0 Å². The van der Waals surface area contributed by atoms with Crippen molar-refractivity contribution < 1.29 is 42.1 Å². The number of aromatic nitrogens is 8. The summed E-state index contributed by atoms with van der Waals surface area (Å²) in [7, 11) is -2.61. The van der Waals surface area contributed by atoms with Crippen LogP contribution in [-0.4, -0.2) is 107 Å². The van der Waals surface area contributed by atoms with Crippen molar-refractivity contribution in [1.29, 1.82) is 0 Å². The predicted molar refractivity (Wildman–Crippen MR) is 178 cm³/mol. The maximum Gasteiger partial charge on any atom is 0.386 e.